The van der Waals surface area contributed by atoms with E-state index in [0.29, 0.717) is 29.6 Å². The minimum absolute atomic E-state index is 0.0285. The van der Waals surface area contributed by atoms with Gasteiger partial charge in [0.2, 0.25) is 0 Å². The molecule has 0 bridgehead atoms. The molecule has 116 valence electrons. The van der Waals surface area contributed by atoms with E-state index in [1.165, 1.54) is 20.3 Å². The second-order valence-corrected chi connectivity index (χ2v) is 4.99. The summed E-state index contributed by atoms with van der Waals surface area (Å²) in [6.45, 7) is 3.38. The number of nitro benzene ring substituents is 1. The number of hydrogen-bond donors (Lipinski definition) is 1. The molecule has 1 saturated heterocycles. The average molecular weight is 296 g/mol. The summed E-state index contributed by atoms with van der Waals surface area (Å²) in [5, 5.41) is 14.3. The van der Waals surface area contributed by atoms with E-state index < -0.39 is 4.92 Å². The summed E-state index contributed by atoms with van der Waals surface area (Å²) in [6.07, 6.45) is 1.12. The smallest absolute Gasteiger partial charge is 0.296 e. The first kappa shape index (κ1) is 15.4. The van der Waals surface area contributed by atoms with Crippen molar-refractivity contribution in [3.63, 3.8) is 0 Å². The Balaban J connectivity index is 2.21. The Morgan fingerprint density at radius 1 is 1.38 bits per heavy atom. The topological polar surface area (TPSA) is 82.9 Å². The monoisotopic (exact) mass is 296 g/mol. The van der Waals surface area contributed by atoms with Crippen LogP contribution in [0, 0.1) is 16.0 Å². The van der Waals surface area contributed by atoms with Gasteiger partial charge in [0.1, 0.15) is 5.69 Å². The van der Waals surface area contributed by atoms with Crippen molar-refractivity contribution in [2.24, 2.45) is 5.92 Å². The molecule has 0 radical (unpaired) electrons. The van der Waals surface area contributed by atoms with Crippen LogP contribution >= 0.6 is 0 Å². The molecule has 2 rings (SSSR count). The third-order valence-electron chi connectivity index (χ3n) is 3.79. The number of nitrogens with one attached hydrogen (secondary N) is 1. The zero-order valence-electron chi connectivity index (χ0n) is 12.4. The summed E-state index contributed by atoms with van der Waals surface area (Å²) in [6, 6.07) is 2.97. The highest BCUT2D eigenvalue weighted by Gasteiger charge is 2.25. The van der Waals surface area contributed by atoms with E-state index in [1.54, 1.807) is 6.07 Å². The normalized spacial score (nSPS) is 21.1. The van der Waals surface area contributed by atoms with Gasteiger partial charge in [0.15, 0.2) is 11.5 Å². The number of nitrogens with zero attached hydrogens (tertiary/aromatic N) is 1. The molecule has 1 aliphatic rings. The van der Waals surface area contributed by atoms with Crippen LogP contribution in [0.2, 0.25) is 0 Å². The number of nitro groups is 1. The fourth-order valence-electron chi connectivity index (χ4n) is 2.45. The fraction of sp³-hybridized carbons (Fsp3) is 0.571. The molecule has 0 saturated carbocycles. The standard InChI is InChI=1S/C14H20N2O5/c1-9-10(4-5-21-9)8-15-11-6-13(19-2)14(20-3)7-12(11)16(17)18/h6-7,9-10,15H,4-5,8H2,1-3H3. The molecule has 1 aliphatic heterocycles. The molecule has 1 aromatic rings. The number of rotatable bonds is 6. The van der Waals surface area contributed by atoms with Gasteiger partial charge in [0.05, 0.1) is 31.3 Å². The van der Waals surface area contributed by atoms with Crippen molar-refractivity contribution in [2.75, 3.05) is 32.7 Å². The second kappa shape index (κ2) is 6.62. The van der Waals surface area contributed by atoms with Crippen molar-refractivity contribution in [1.29, 1.82) is 0 Å². The van der Waals surface area contributed by atoms with Gasteiger partial charge in [0, 0.05) is 25.1 Å². The van der Waals surface area contributed by atoms with Crippen LogP contribution in [0.25, 0.3) is 0 Å². The highest BCUT2D eigenvalue weighted by molar-refractivity contribution is 5.68. The third kappa shape index (κ3) is 3.36. The van der Waals surface area contributed by atoms with E-state index in [1.807, 2.05) is 6.92 Å². The van der Waals surface area contributed by atoms with Gasteiger partial charge in [-0.2, -0.15) is 0 Å². The Kier molecular flexibility index (Phi) is 4.85. The van der Waals surface area contributed by atoms with Crippen LogP contribution in [0.4, 0.5) is 11.4 Å². The number of ether oxygens (including phenoxy) is 3. The molecule has 0 aromatic heterocycles. The minimum atomic E-state index is -0.432. The SMILES string of the molecule is COc1cc(NCC2CCOC2C)c([N+](=O)[O-])cc1OC. The third-order valence-corrected chi connectivity index (χ3v) is 3.79. The van der Waals surface area contributed by atoms with Crippen molar-refractivity contribution in [2.45, 2.75) is 19.4 Å². The van der Waals surface area contributed by atoms with Gasteiger partial charge in [-0.3, -0.25) is 10.1 Å². The van der Waals surface area contributed by atoms with Gasteiger partial charge in [-0.1, -0.05) is 0 Å². The van der Waals surface area contributed by atoms with E-state index in [4.69, 9.17) is 14.2 Å². The van der Waals surface area contributed by atoms with Crippen molar-refractivity contribution in [1.82, 2.24) is 0 Å². The predicted molar refractivity (Wildman–Crippen MR) is 78.2 cm³/mol. The summed E-state index contributed by atoms with van der Waals surface area (Å²) in [5.41, 5.74) is 0.399. The van der Waals surface area contributed by atoms with Crippen molar-refractivity contribution < 1.29 is 19.1 Å². The summed E-state index contributed by atoms with van der Waals surface area (Å²) >= 11 is 0. The van der Waals surface area contributed by atoms with Crippen LogP contribution in [-0.2, 0) is 4.74 Å². The highest BCUT2D eigenvalue weighted by Crippen LogP contribution is 2.38. The van der Waals surface area contributed by atoms with Gasteiger partial charge >= 0.3 is 0 Å². The second-order valence-electron chi connectivity index (χ2n) is 4.99. The van der Waals surface area contributed by atoms with Gasteiger partial charge in [-0.25, -0.2) is 0 Å². The van der Waals surface area contributed by atoms with Crippen LogP contribution in [0.1, 0.15) is 13.3 Å². The molecule has 7 nitrogen and oxygen atoms in total. The van der Waals surface area contributed by atoms with E-state index >= 15 is 0 Å². The zero-order chi connectivity index (χ0) is 15.4. The summed E-state index contributed by atoms with van der Waals surface area (Å²) in [5.74, 6) is 1.14. The Labute approximate surface area is 123 Å². The summed E-state index contributed by atoms with van der Waals surface area (Å²) in [4.78, 5) is 10.8. The van der Waals surface area contributed by atoms with E-state index in [9.17, 15) is 10.1 Å². The molecule has 21 heavy (non-hydrogen) atoms. The molecule has 0 aliphatic carbocycles. The maximum Gasteiger partial charge on any atom is 0.296 e. The van der Waals surface area contributed by atoms with E-state index in [-0.39, 0.29) is 11.8 Å². The number of hydrogen-bond acceptors (Lipinski definition) is 6. The van der Waals surface area contributed by atoms with Crippen LogP contribution in [0.3, 0.4) is 0 Å². The first-order chi connectivity index (χ1) is 10.1. The van der Waals surface area contributed by atoms with E-state index in [0.717, 1.165) is 13.0 Å². The Morgan fingerprint density at radius 2 is 2.05 bits per heavy atom. The molecule has 1 fully saturated rings. The lowest BCUT2D eigenvalue weighted by Crippen LogP contribution is -2.21. The summed E-state index contributed by atoms with van der Waals surface area (Å²) < 4.78 is 15.8. The van der Waals surface area contributed by atoms with Crippen LogP contribution in [0.15, 0.2) is 12.1 Å². The number of methoxy groups -OCH3 is 2. The molecule has 2 atom stereocenters. The zero-order valence-corrected chi connectivity index (χ0v) is 12.4. The Bertz CT molecular complexity index is 520. The minimum Gasteiger partial charge on any atom is -0.493 e. The Morgan fingerprint density at radius 3 is 2.57 bits per heavy atom. The van der Waals surface area contributed by atoms with Crippen molar-refractivity contribution in [3.8, 4) is 11.5 Å². The van der Waals surface area contributed by atoms with E-state index in [2.05, 4.69) is 5.32 Å². The average Bonchev–Trinajstić information content (AvgIpc) is 2.89. The maximum atomic E-state index is 11.2. The molecule has 1 heterocycles. The van der Waals surface area contributed by atoms with Crippen molar-refractivity contribution >= 4 is 11.4 Å². The molecule has 0 spiro atoms. The molecule has 1 aromatic carbocycles. The van der Waals surface area contributed by atoms with Gasteiger partial charge in [-0.05, 0) is 13.3 Å². The largest absolute Gasteiger partial charge is 0.493 e. The molecule has 0 amide bonds. The molecule has 2 unspecified atom stereocenters. The molecular formula is C14H20N2O5. The first-order valence-electron chi connectivity index (χ1n) is 6.82. The lowest BCUT2D eigenvalue weighted by molar-refractivity contribution is -0.384. The van der Waals surface area contributed by atoms with Crippen LogP contribution in [0.5, 0.6) is 11.5 Å². The lowest BCUT2D eigenvalue weighted by atomic mass is 10.0. The van der Waals surface area contributed by atoms with Crippen LogP contribution in [-0.4, -0.2) is 38.4 Å². The van der Waals surface area contributed by atoms with Gasteiger partial charge in [0.25, 0.3) is 5.69 Å². The Hall–Kier alpha value is -2.02. The first-order valence-corrected chi connectivity index (χ1v) is 6.82. The number of benzene rings is 1. The molecule has 7 heteroatoms. The molecular weight excluding hydrogens is 276 g/mol. The number of anilines is 1. The predicted octanol–water partition coefficient (Wildman–Crippen LogP) is 2.45. The van der Waals surface area contributed by atoms with Crippen molar-refractivity contribution in [3.05, 3.63) is 22.2 Å². The van der Waals surface area contributed by atoms with Gasteiger partial charge < -0.3 is 19.5 Å². The fourth-order valence-corrected chi connectivity index (χ4v) is 2.45. The lowest BCUT2D eigenvalue weighted by Gasteiger charge is -2.16. The highest BCUT2D eigenvalue weighted by atomic mass is 16.6. The molecule has 1 N–H and O–H groups in total. The summed E-state index contributed by atoms with van der Waals surface area (Å²) in [7, 11) is 2.95. The van der Waals surface area contributed by atoms with Crippen LogP contribution < -0.4 is 14.8 Å². The maximum absolute atomic E-state index is 11.2. The van der Waals surface area contributed by atoms with Gasteiger partial charge in [-0.15, -0.1) is 0 Å². The quantitative estimate of drug-likeness (QED) is 0.641.